The van der Waals surface area contributed by atoms with Gasteiger partial charge in [-0.1, -0.05) is 29.8 Å². The Labute approximate surface area is 126 Å². The quantitative estimate of drug-likeness (QED) is 0.798. The maximum absolute atomic E-state index is 12.6. The van der Waals surface area contributed by atoms with Crippen molar-refractivity contribution in [1.82, 2.24) is 0 Å². The number of hydrogen-bond donors (Lipinski definition) is 0. The summed E-state index contributed by atoms with van der Waals surface area (Å²) in [6, 6.07) is 10.4. The van der Waals surface area contributed by atoms with Gasteiger partial charge in [0.05, 0.1) is 17.1 Å². The van der Waals surface area contributed by atoms with E-state index in [1.54, 1.807) is 19.1 Å². The second-order valence-electron chi connectivity index (χ2n) is 4.73. The maximum atomic E-state index is 12.6. The van der Waals surface area contributed by atoms with Gasteiger partial charge in [0.15, 0.2) is 0 Å². The van der Waals surface area contributed by atoms with Crippen LogP contribution in [0.3, 0.4) is 0 Å². The molecule has 2 rings (SSSR count). The first-order valence-corrected chi connectivity index (χ1v) is 7.71. The van der Waals surface area contributed by atoms with E-state index in [2.05, 4.69) is 0 Å². The van der Waals surface area contributed by atoms with E-state index in [1.165, 1.54) is 24.3 Å². The number of aryl methyl sites for hydroxylation is 1. The van der Waals surface area contributed by atoms with Crippen LogP contribution in [-0.2, 0) is 27.1 Å². The zero-order valence-corrected chi connectivity index (χ0v) is 12.4. The second kappa shape index (κ2) is 6.10. The summed E-state index contributed by atoms with van der Waals surface area (Å²) < 4.78 is 66.5. The molecule has 3 nitrogen and oxygen atoms in total. The summed E-state index contributed by atoms with van der Waals surface area (Å²) in [6.07, 6.45) is -4.48. The van der Waals surface area contributed by atoms with Crippen LogP contribution in [0.2, 0.25) is 0 Å². The predicted molar refractivity (Wildman–Crippen MR) is 74.6 cm³/mol. The summed E-state index contributed by atoms with van der Waals surface area (Å²) in [7, 11) is -4.00. The number of hydrogen-bond acceptors (Lipinski definition) is 3. The molecule has 0 fully saturated rings. The fraction of sp³-hybridized carbons (Fsp3) is 0.200. The molecule has 0 aliphatic rings. The molecule has 0 saturated heterocycles. The van der Waals surface area contributed by atoms with Gasteiger partial charge >= 0.3 is 6.18 Å². The van der Waals surface area contributed by atoms with Gasteiger partial charge in [0.25, 0.3) is 10.1 Å². The van der Waals surface area contributed by atoms with Crippen LogP contribution in [0.15, 0.2) is 53.4 Å². The molecule has 0 aromatic heterocycles. The third-order valence-electron chi connectivity index (χ3n) is 2.94. The van der Waals surface area contributed by atoms with Crippen molar-refractivity contribution in [3.05, 3.63) is 65.2 Å². The lowest BCUT2D eigenvalue weighted by atomic mass is 10.1. The molecule has 0 amide bonds. The van der Waals surface area contributed by atoms with Gasteiger partial charge in [-0.05, 0) is 36.8 Å². The van der Waals surface area contributed by atoms with Gasteiger partial charge in [0.2, 0.25) is 0 Å². The van der Waals surface area contributed by atoms with E-state index in [-0.39, 0.29) is 10.5 Å². The SMILES string of the molecule is Cc1ccc(S(=O)(=O)OCc2cccc(C(F)(F)F)c2)cc1. The van der Waals surface area contributed by atoms with E-state index < -0.39 is 28.5 Å². The van der Waals surface area contributed by atoms with Crippen molar-refractivity contribution in [3.63, 3.8) is 0 Å². The molecule has 7 heteroatoms. The second-order valence-corrected chi connectivity index (χ2v) is 6.34. The first-order chi connectivity index (χ1) is 10.2. The van der Waals surface area contributed by atoms with Crippen LogP contribution in [0.5, 0.6) is 0 Å². The predicted octanol–water partition coefficient (Wildman–Crippen LogP) is 3.92. The average molecular weight is 330 g/mol. The van der Waals surface area contributed by atoms with E-state index in [9.17, 15) is 21.6 Å². The standard InChI is InChI=1S/C15H13F3O3S/c1-11-5-7-14(8-6-11)22(19,20)21-10-12-3-2-4-13(9-12)15(16,17)18/h2-9H,10H2,1H3. The van der Waals surface area contributed by atoms with E-state index in [0.717, 1.165) is 17.7 Å². The Kier molecular flexibility index (Phi) is 4.58. The minimum atomic E-state index is -4.48. The summed E-state index contributed by atoms with van der Waals surface area (Å²) in [5.41, 5.74) is 0.170. The van der Waals surface area contributed by atoms with Crippen molar-refractivity contribution >= 4 is 10.1 Å². The molecule has 0 spiro atoms. The molecule has 0 heterocycles. The molecule has 2 aromatic carbocycles. The summed E-state index contributed by atoms with van der Waals surface area (Å²) in [5.74, 6) is 0. The lowest BCUT2D eigenvalue weighted by Gasteiger charge is -2.09. The lowest BCUT2D eigenvalue weighted by molar-refractivity contribution is -0.137. The molecule has 0 saturated carbocycles. The van der Waals surface area contributed by atoms with Crippen molar-refractivity contribution in [1.29, 1.82) is 0 Å². The molecular formula is C15H13F3O3S. The number of benzene rings is 2. The van der Waals surface area contributed by atoms with Crippen LogP contribution < -0.4 is 0 Å². The van der Waals surface area contributed by atoms with Crippen molar-refractivity contribution in [2.45, 2.75) is 24.6 Å². The van der Waals surface area contributed by atoms with E-state index in [1.807, 2.05) is 0 Å². The Morgan fingerprint density at radius 2 is 1.68 bits per heavy atom. The Morgan fingerprint density at radius 3 is 2.27 bits per heavy atom. The first kappa shape index (κ1) is 16.5. The molecule has 0 aliphatic heterocycles. The topological polar surface area (TPSA) is 43.4 Å². The minimum Gasteiger partial charge on any atom is -0.262 e. The average Bonchev–Trinajstić information content (AvgIpc) is 2.45. The van der Waals surface area contributed by atoms with Crippen LogP contribution in [-0.4, -0.2) is 8.42 Å². The Bertz CT molecular complexity index is 750. The van der Waals surface area contributed by atoms with Crippen LogP contribution >= 0.6 is 0 Å². The molecule has 0 atom stereocenters. The Balaban J connectivity index is 2.14. The van der Waals surface area contributed by atoms with Crippen LogP contribution in [0.1, 0.15) is 16.7 Å². The molecule has 0 unspecified atom stereocenters. The minimum absolute atomic E-state index is 0.0370. The highest BCUT2D eigenvalue weighted by Gasteiger charge is 2.30. The van der Waals surface area contributed by atoms with Crippen molar-refractivity contribution in [3.8, 4) is 0 Å². The van der Waals surface area contributed by atoms with Gasteiger partial charge in [-0.15, -0.1) is 0 Å². The molecule has 0 N–H and O–H groups in total. The molecule has 2 aromatic rings. The molecule has 0 aliphatic carbocycles. The molecule has 118 valence electrons. The van der Waals surface area contributed by atoms with Gasteiger partial charge in [0.1, 0.15) is 0 Å². The Morgan fingerprint density at radius 1 is 1.05 bits per heavy atom. The zero-order chi connectivity index (χ0) is 16.4. The van der Waals surface area contributed by atoms with Gasteiger partial charge < -0.3 is 0 Å². The highest BCUT2D eigenvalue weighted by molar-refractivity contribution is 7.86. The lowest BCUT2D eigenvalue weighted by Crippen LogP contribution is -2.08. The smallest absolute Gasteiger partial charge is 0.262 e. The van der Waals surface area contributed by atoms with Crippen molar-refractivity contribution < 1.29 is 25.8 Å². The summed E-state index contributed by atoms with van der Waals surface area (Å²) in [4.78, 5) is -0.0370. The third-order valence-corrected chi connectivity index (χ3v) is 4.22. The van der Waals surface area contributed by atoms with Gasteiger partial charge in [-0.25, -0.2) is 0 Å². The fourth-order valence-electron chi connectivity index (χ4n) is 1.76. The normalized spacial score (nSPS) is 12.4. The fourth-order valence-corrected chi connectivity index (χ4v) is 2.65. The molecular weight excluding hydrogens is 317 g/mol. The molecule has 0 radical (unpaired) electrons. The van der Waals surface area contributed by atoms with E-state index in [0.29, 0.717) is 0 Å². The van der Waals surface area contributed by atoms with Gasteiger partial charge in [-0.3, -0.25) is 4.18 Å². The van der Waals surface area contributed by atoms with E-state index in [4.69, 9.17) is 4.18 Å². The van der Waals surface area contributed by atoms with Gasteiger partial charge in [0, 0.05) is 0 Å². The summed E-state index contributed by atoms with van der Waals surface area (Å²) in [5, 5.41) is 0. The van der Waals surface area contributed by atoms with E-state index >= 15 is 0 Å². The van der Waals surface area contributed by atoms with Crippen LogP contribution in [0.4, 0.5) is 13.2 Å². The summed E-state index contributed by atoms with van der Waals surface area (Å²) >= 11 is 0. The van der Waals surface area contributed by atoms with Crippen molar-refractivity contribution in [2.75, 3.05) is 0 Å². The summed E-state index contributed by atoms with van der Waals surface area (Å²) in [6.45, 7) is 1.35. The number of halogens is 3. The zero-order valence-electron chi connectivity index (χ0n) is 11.6. The van der Waals surface area contributed by atoms with Crippen LogP contribution in [0, 0.1) is 6.92 Å². The monoisotopic (exact) mass is 330 g/mol. The van der Waals surface area contributed by atoms with Crippen LogP contribution in [0.25, 0.3) is 0 Å². The third kappa shape index (κ3) is 4.08. The van der Waals surface area contributed by atoms with Crippen molar-refractivity contribution in [2.24, 2.45) is 0 Å². The van der Waals surface area contributed by atoms with Gasteiger partial charge in [-0.2, -0.15) is 21.6 Å². The molecule has 22 heavy (non-hydrogen) atoms. The first-order valence-electron chi connectivity index (χ1n) is 6.31. The highest BCUT2D eigenvalue weighted by atomic mass is 32.2. The maximum Gasteiger partial charge on any atom is 0.416 e. The number of alkyl halides is 3. The Hall–Kier alpha value is -1.86. The largest absolute Gasteiger partial charge is 0.416 e. The highest BCUT2D eigenvalue weighted by Crippen LogP contribution is 2.29. The number of rotatable bonds is 4. The molecule has 0 bridgehead atoms.